The van der Waals surface area contributed by atoms with Crippen molar-refractivity contribution >= 4 is 50.8 Å². The highest BCUT2D eigenvalue weighted by Crippen LogP contribution is 2.46. The Kier molecular flexibility index (Phi) is 12.4. The first kappa shape index (κ1) is 37.1. The summed E-state index contributed by atoms with van der Waals surface area (Å²) in [6, 6.07) is 5.57. The molecule has 12 nitrogen and oxygen atoms in total. The molecule has 3 amide bonds. The van der Waals surface area contributed by atoms with Crippen LogP contribution in [0, 0.1) is 12.8 Å². The summed E-state index contributed by atoms with van der Waals surface area (Å²) in [4.78, 5) is 65.0. The molecular weight excluding hydrogens is 682 g/mol. The molecule has 3 aliphatic rings. The number of benzene rings is 1. The molecule has 1 unspecified atom stereocenters. The SMILES string of the molecule is CBr.CCOC(=O)C12C[C@H]1/C=C\CCCCC[C@H](NC(=O)OC(C)(C)C)C(=O)N1C[C@H](Oc3nc4ccccc4nc3C)C[C@H]1C(=O)N2. The van der Waals surface area contributed by atoms with E-state index >= 15 is 0 Å². The quantitative estimate of drug-likeness (QED) is 0.242. The number of alkyl halides is 1. The summed E-state index contributed by atoms with van der Waals surface area (Å²) in [5.41, 5.74) is 0.0311. The number of alkyl carbamates (subject to hydrolysis) is 1. The smallest absolute Gasteiger partial charge is 0.408 e. The van der Waals surface area contributed by atoms with E-state index in [1.807, 2.05) is 42.3 Å². The second kappa shape index (κ2) is 16.1. The van der Waals surface area contributed by atoms with Gasteiger partial charge in [0.2, 0.25) is 17.7 Å². The summed E-state index contributed by atoms with van der Waals surface area (Å²) >= 11 is 2.94. The molecule has 2 aromatic rings. The van der Waals surface area contributed by atoms with Gasteiger partial charge in [-0.1, -0.05) is 53.1 Å². The number of allylic oxidation sites excluding steroid dienone is 1. The number of carbonyl (C=O) groups excluding carboxylic acids is 4. The molecular formula is C35H48BrN5O7. The van der Waals surface area contributed by atoms with Gasteiger partial charge in [-0.2, -0.15) is 0 Å². The van der Waals surface area contributed by atoms with Crippen LogP contribution in [0.1, 0.15) is 78.3 Å². The number of hydrogen-bond donors (Lipinski definition) is 2. The summed E-state index contributed by atoms with van der Waals surface area (Å²) in [7, 11) is 0. The lowest BCUT2D eigenvalue weighted by Gasteiger charge is -2.30. The third-order valence-electron chi connectivity index (χ3n) is 8.55. The van der Waals surface area contributed by atoms with Crippen molar-refractivity contribution in [3.05, 3.63) is 42.1 Å². The highest BCUT2D eigenvalue weighted by atomic mass is 79.9. The molecule has 1 saturated heterocycles. The molecule has 5 atom stereocenters. The van der Waals surface area contributed by atoms with Crippen LogP contribution in [0.15, 0.2) is 36.4 Å². The molecule has 1 aromatic heterocycles. The lowest BCUT2D eigenvalue weighted by Crippen LogP contribution is -2.56. The number of esters is 1. The highest BCUT2D eigenvalue weighted by Gasteiger charge is 2.62. The van der Waals surface area contributed by atoms with Gasteiger partial charge in [-0.3, -0.25) is 9.59 Å². The number of fused-ring (bicyclic) bond motifs is 3. The average molecular weight is 731 g/mol. The van der Waals surface area contributed by atoms with Gasteiger partial charge in [-0.05, 0) is 78.3 Å². The Balaban J connectivity index is 0.00000255. The Hall–Kier alpha value is -3.74. The van der Waals surface area contributed by atoms with Crippen LogP contribution in [0.4, 0.5) is 4.79 Å². The maximum atomic E-state index is 14.2. The van der Waals surface area contributed by atoms with Crippen LogP contribution in [0.3, 0.4) is 0 Å². The Labute approximate surface area is 290 Å². The lowest BCUT2D eigenvalue weighted by atomic mass is 10.0. The van der Waals surface area contributed by atoms with Crippen LogP contribution in [-0.4, -0.2) is 87.1 Å². The third kappa shape index (κ3) is 9.03. The van der Waals surface area contributed by atoms with Gasteiger partial charge in [0.25, 0.3) is 0 Å². The van der Waals surface area contributed by atoms with Crippen molar-refractivity contribution < 1.29 is 33.4 Å². The molecule has 1 aliphatic carbocycles. The van der Waals surface area contributed by atoms with Gasteiger partial charge >= 0.3 is 12.1 Å². The number of hydrogen-bond acceptors (Lipinski definition) is 9. The van der Waals surface area contributed by atoms with E-state index in [1.54, 1.807) is 34.6 Å². The second-order valence-corrected chi connectivity index (χ2v) is 13.3. The van der Waals surface area contributed by atoms with Crippen molar-refractivity contribution in [2.75, 3.05) is 19.0 Å². The molecule has 0 radical (unpaired) electrons. The van der Waals surface area contributed by atoms with Crippen LogP contribution in [0.5, 0.6) is 5.88 Å². The van der Waals surface area contributed by atoms with Gasteiger partial charge in [0.15, 0.2) is 0 Å². The van der Waals surface area contributed by atoms with Crippen molar-refractivity contribution in [3.63, 3.8) is 0 Å². The average Bonchev–Trinajstić information content (AvgIpc) is 3.56. The Morgan fingerprint density at radius 3 is 2.50 bits per heavy atom. The van der Waals surface area contributed by atoms with Crippen LogP contribution < -0.4 is 15.4 Å². The van der Waals surface area contributed by atoms with Crippen molar-refractivity contribution in [2.24, 2.45) is 5.92 Å². The molecule has 1 aromatic carbocycles. The van der Waals surface area contributed by atoms with Gasteiger partial charge in [0, 0.05) is 12.3 Å². The Bertz CT molecular complexity index is 1510. The molecule has 2 aliphatic heterocycles. The van der Waals surface area contributed by atoms with Crippen molar-refractivity contribution in [2.45, 2.75) is 109 Å². The molecule has 3 heterocycles. The van der Waals surface area contributed by atoms with Crippen molar-refractivity contribution in [3.8, 4) is 5.88 Å². The minimum absolute atomic E-state index is 0.0765. The number of aromatic nitrogens is 2. The third-order valence-corrected chi connectivity index (χ3v) is 8.55. The maximum absolute atomic E-state index is 14.2. The first-order valence-corrected chi connectivity index (χ1v) is 18.2. The van der Waals surface area contributed by atoms with E-state index in [0.717, 1.165) is 24.8 Å². The first-order valence-electron chi connectivity index (χ1n) is 16.6. The maximum Gasteiger partial charge on any atom is 0.408 e. The van der Waals surface area contributed by atoms with E-state index in [2.05, 4.69) is 36.5 Å². The highest BCUT2D eigenvalue weighted by molar-refractivity contribution is 9.08. The summed E-state index contributed by atoms with van der Waals surface area (Å²) in [5.74, 6) is 0.554. The van der Waals surface area contributed by atoms with Crippen LogP contribution in [-0.2, 0) is 23.9 Å². The zero-order chi connectivity index (χ0) is 35.1. The van der Waals surface area contributed by atoms with Gasteiger partial charge in [-0.25, -0.2) is 19.6 Å². The van der Waals surface area contributed by atoms with Crippen LogP contribution in [0.25, 0.3) is 11.0 Å². The van der Waals surface area contributed by atoms with Gasteiger partial charge in [-0.15, -0.1) is 0 Å². The largest absolute Gasteiger partial charge is 0.471 e. The summed E-state index contributed by atoms with van der Waals surface area (Å²) in [5, 5.41) is 5.73. The van der Waals surface area contributed by atoms with Crippen molar-refractivity contribution in [1.29, 1.82) is 0 Å². The molecule has 5 rings (SSSR count). The standard InChI is InChI=1S/C34H45N5O7.CH3Br/c1-6-44-31(42)34-19-22(34)14-10-8-7-9-11-17-26(37-32(43)46-33(3,4)5)30(41)39-20-23(18-27(39)28(40)38-34)45-29-21(2)35-24-15-12-13-16-25(24)36-29;1-2/h10,12-16,22-23,26-27H,6-9,11,17-20H2,1-5H3,(H,37,43)(H,38,40);1H3/b14-10-;/t22-,23-,26+,27+,34?;/m1./s1. The van der Waals surface area contributed by atoms with E-state index in [-0.39, 0.29) is 25.5 Å². The zero-order valence-electron chi connectivity index (χ0n) is 28.7. The number of halogens is 1. The van der Waals surface area contributed by atoms with E-state index < -0.39 is 53.2 Å². The zero-order valence-corrected chi connectivity index (χ0v) is 30.3. The molecule has 262 valence electrons. The fourth-order valence-corrected chi connectivity index (χ4v) is 6.18. The fraction of sp³-hybridized carbons (Fsp3) is 0.600. The number of ether oxygens (including phenoxy) is 3. The molecule has 2 N–H and O–H groups in total. The number of rotatable bonds is 5. The minimum atomic E-state index is -1.19. The van der Waals surface area contributed by atoms with Gasteiger partial charge in [0.1, 0.15) is 35.0 Å². The van der Waals surface area contributed by atoms with Gasteiger partial charge in [0.05, 0.1) is 24.2 Å². The summed E-state index contributed by atoms with van der Waals surface area (Å²) in [6.45, 7) is 9.04. The monoisotopic (exact) mass is 729 g/mol. The van der Waals surface area contributed by atoms with Gasteiger partial charge < -0.3 is 29.7 Å². The number of nitrogens with one attached hydrogen (secondary N) is 2. The fourth-order valence-electron chi connectivity index (χ4n) is 6.18. The predicted molar refractivity (Wildman–Crippen MR) is 185 cm³/mol. The number of amides is 3. The molecule has 1 saturated carbocycles. The first-order chi connectivity index (χ1) is 22.9. The molecule has 2 fully saturated rings. The number of carbonyl (C=O) groups is 4. The molecule has 48 heavy (non-hydrogen) atoms. The molecule has 13 heteroatoms. The van der Waals surface area contributed by atoms with E-state index in [1.165, 1.54) is 4.90 Å². The normalized spacial score (nSPS) is 26.7. The number of aryl methyl sites for hydroxylation is 1. The Morgan fingerprint density at radius 1 is 1.10 bits per heavy atom. The second-order valence-electron chi connectivity index (χ2n) is 13.3. The predicted octanol–water partition coefficient (Wildman–Crippen LogP) is 5.15. The Morgan fingerprint density at radius 2 is 1.81 bits per heavy atom. The minimum Gasteiger partial charge on any atom is -0.471 e. The number of nitrogens with zero attached hydrogens (tertiary/aromatic N) is 3. The van der Waals surface area contributed by atoms with Crippen LogP contribution in [0.2, 0.25) is 0 Å². The van der Waals surface area contributed by atoms with Crippen LogP contribution >= 0.6 is 15.9 Å². The van der Waals surface area contributed by atoms with E-state index in [9.17, 15) is 19.2 Å². The molecule has 0 bridgehead atoms. The summed E-state index contributed by atoms with van der Waals surface area (Å²) < 4.78 is 17.2. The lowest BCUT2D eigenvalue weighted by molar-refractivity contribution is -0.150. The van der Waals surface area contributed by atoms with E-state index in [0.29, 0.717) is 36.4 Å². The topological polar surface area (TPSA) is 149 Å². The van der Waals surface area contributed by atoms with E-state index in [4.69, 9.17) is 14.2 Å². The number of para-hydroxylation sites is 2. The van der Waals surface area contributed by atoms with Crippen molar-refractivity contribution in [1.82, 2.24) is 25.5 Å². The molecule has 0 spiro atoms. The summed E-state index contributed by atoms with van der Waals surface area (Å²) in [6.07, 6.45) is 6.88.